The highest BCUT2D eigenvalue weighted by atomic mass is 16.6. The molecule has 0 bridgehead atoms. The Morgan fingerprint density at radius 3 is 2.83 bits per heavy atom. The third kappa shape index (κ3) is 2.05. The SMILES string of the molecule is CC(C)Cc1cnc([N+](=O)[O-])[nH]1. The average molecular weight is 169 g/mol. The maximum absolute atomic E-state index is 10.2. The molecule has 1 N–H and O–H groups in total. The molecule has 1 heterocycles. The van der Waals surface area contributed by atoms with E-state index in [0.717, 1.165) is 12.1 Å². The van der Waals surface area contributed by atoms with Gasteiger partial charge < -0.3 is 10.1 Å². The smallest absolute Gasteiger partial charge is 0.390 e. The van der Waals surface area contributed by atoms with E-state index in [0.29, 0.717) is 5.92 Å². The van der Waals surface area contributed by atoms with Crippen LogP contribution in [-0.4, -0.2) is 14.9 Å². The molecule has 0 atom stereocenters. The van der Waals surface area contributed by atoms with Crippen LogP contribution in [0.2, 0.25) is 0 Å². The predicted molar refractivity (Wildman–Crippen MR) is 43.8 cm³/mol. The van der Waals surface area contributed by atoms with Gasteiger partial charge in [-0.25, -0.2) is 4.98 Å². The number of imidazole rings is 1. The highest BCUT2D eigenvalue weighted by Crippen LogP contribution is 2.09. The molecule has 5 nitrogen and oxygen atoms in total. The van der Waals surface area contributed by atoms with Crippen LogP contribution in [0.3, 0.4) is 0 Å². The van der Waals surface area contributed by atoms with Crippen molar-refractivity contribution in [2.24, 2.45) is 5.92 Å². The second kappa shape index (κ2) is 3.34. The Morgan fingerprint density at radius 1 is 1.75 bits per heavy atom. The summed E-state index contributed by atoms with van der Waals surface area (Å²) in [6, 6.07) is 0. The first-order valence-electron chi connectivity index (χ1n) is 3.78. The van der Waals surface area contributed by atoms with Crippen LogP contribution in [-0.2, 0) is 6.42 Å². The Balaban J connectivity index is 2.71. The number of hydrogen-bond acceptors (Lipinski definition) is 3. The van der Waals surface area contributed by atoms with E-state index in [1.807, 2.05) is 13.8 Å². The number of aromatic nitrogens is 2. The molecule has 0 aliphatic rings. The van der Waals surface area contributed by atoms with E-state index in [9.17, 15) is 10.1 Å². The summed E-state index contributed by atoms with van der Waals surface area (Å²) in [5.74, 6) is 0.302. The van der Waals surface area contributed by atoms with E-state index in [2.05, 4.69) is 9.97 Å². The summed E-state index contributed by atoms with van der Waals surface area (Å²) >= 11 is 0. The zero-order chi connectivity index (χ0) is 9.14. The van der Waals surface area contributed by atoms with Gasteiger partial charge in [0.2, 0.25) is 0 Å². The maximum Gasteiger partial charge on any atom is 0.432 e. The largest absolute Gasteiger partial charge is 0.432 e. The number of rotatable bonds is 3. The van der Waals surface area contributed by atoms with Gasteiger partial charge in [0, 0.05) is 6.42 Å². The second-order valence-corrected chi connectivity index (χ2v) is 3.09. The van der Waals surface area contributed by atoms with Gasteiger partial charge in [-0.2, -0.15) is 0 Å². The first-order chi connectivity index (χ1) is 5.59. The predicted octanol–water partition coefficient (Wildman–Crippen LogP) is 1.52. The van der Waals surface area contributed by atoms with Gasteiger partial charge in [0.25, 0.3) is 0 Å². The lowest BCUT2D eigenvalue weighted by molar-refractivity contribution is -0.393. The molecule has 1 aromatic rings. The van der Waals surface area contributed by atoms with E-state index in [1.165, 1.54) is 6.20 Å². The molecule has 12 heavy (non-hydrogen) atoms. The van der Waals surface area contributed by atoms with Crippen molar-refractivity contribution in [1.29, 1.82) is 0 Å². The number of aromatic amines is 1. The molecule has 1 rings (SSSR count). The van der Waals surface area contributed by atoms with Crippen LogP contribution in [0.15, 0.2) is 6.20 Å². The van der Waals surface area contributed by atoms with Crippen molar-refractivity contribution >= 4 is 5.95 Å². The van der Waals surface area contributed by atoms with Gasteiger partial charge >= 0.3 is 5.95 Å². The lowest BCUT2D eigenvalue weighted by Crippen LogP contribution is -1.95. The number of nitro groups is 1. The van der Waals surface area contributed by atoms with Crippen LogP contribution < -0.4 is 0 Å². The molecule has 1 aromatic heterocycles. The quantitative estimate of drug-likeness (QED) is 0.550. The molecule has 0 amide bonds. The Bertz CT molecular complexity index is 280. The Labute approximate surface area is 70.0 Å². The summed E-state index contributed by atoms with van der Waals surface area (Å²) in [5, 5.41) is 10.2. The summed E-state index contributed by atoms with van der Waals surface area (Å²) in [6.07, 6.45) is 2.30. The van der Waals surface area contributed by atoms with Crippen LogP contribution in [0.5, 0.6) is 0 Å². The molecule has 0 saturated heterocycles. The molecule has 0 aromatic carbocycles. The van der Waals surface area contributed by atoms with Crippen molar-refractivity contribution in [2.45, 2.75) is 20.3 Å². The zero-order valence-corrected chi connectivity index (χ0v) is 7.07. The fourth-order valence-electron chi connectivity index (χ4n) is 0.984. The fraction of sp³-hybridized carbons (Fsp3) is 0.571. The van der Waals surface area contributed by atoms with E-state index < -0.39 is 4.92 Å². The molecule has 5 heteroatoms. The molecular formula is C7H11N3O2. The fourth-order valence-corrected chi connectivity index (χ4v) is 0.984. The van der Waals surface area contributed by atoms with Crippen LogP contribution >= 0.6 is 0 Å². The highest BCUT2D eigenvalue weighted by Gasteiger charge is 2.11. The number of H-pyrrole nitrogens is 1. The Hall–Kier alpha value is -1.39. The van der Waals surface area contributed by atoms with Gasteiger partial charge in [-0.3, -0.25) is 0 Å². The van der Waals surface area contributed by atoms with Crippen molar-refractivity contribution in [2.75, 3.05) is 0 Å². The molecule has 0 unspecified atom stereocenters. The van der Waals surface area contributed by atoms with Crippen LogP contribution in [0.4, 0.5) is 5.95 Å². The summed E-state index contributed by atoms with van der Waals surface area (Å²) in [6.45, 7) is 4.10. The first kappa shape index (κ1) is 8.70. The monoisotopic (exact) mass is 169 g/mol. The molecule has 0 spiro atoms. The Kier molecular flexibility index (Phi) is 2.42. The van der Waals surface area contributed by atoms with Gasteiger partial charge in [0.15, 0.2) is 0 Å². The molecule has 0 saturated carbocycles. The minimum atomic E-state index is -0.524. The second-order valence-electron chi connectivity index (χ2n) is 3.09. The van der Waals surface area contributed by atoms with E-state index in [1.54, 1.807) is 0 Å². The van der Waals surface area contributed by atoms with Crippen molar-refractivity contribution in [3.05, 3.63) is 22.0 Å². The molecule has 0 aliphatic carbocycles. The lowest BCUT2D eigenvalue weighted by atomic mass is 10.1. The van der Waals surface area contributed by atoms with E-state index in [4.69, 9.17) is 0 Å². The van der Waals surface area contributed by atoms with Gasteiger partial charge in [-0.1, -0.05) is 18.8 Å². The minimum Gasteiger partial charge on any atom is -0.390 e. The van der Waals surface area contributed by atoms with Crippen molar-refractivity contribution in [1.82, 2.24) is 9.97 Å². The van der Waals surface area contributed by atoms with Crippen LogP contribution in [0, 0.1) is 16.0 Å². The average Bonchev–Trinajstić information content (AvgIpc) is 2.34. The molecule has 66 valence electrons. The van der Waals surface area contributed by atoms with Gasteiger partial charge in [-0.05, 0) is 10.8 Å². The number of nitrogens with one attached hydrogen (secondary N) is 1. The number of hydrogen-bond donors (Lipinski definition) is 1. The summed E-state index contributed by atoms with van der Waals surface area (Å²) in [4.78, 5) is 15.9. The molecule has 0 aliphatic heterocycles. The molecule has 0 radical (unpaired) electrons. The summed E-state index contributed by atoms with van der Waals surface area (Å²) in [7, 11) is 0. The van der Waals surface area contributed by atoms with Crippen molar-refractivity contribution in [3.8, 4) is 0 Å². The van der Waals surface area contributed by atoms with E-state index in [-0.39, 0.29) is 5.95 Å². The topological polar surface area (TPSA) is 71.8 Å². The minimum absolute atomic E-state index is 0.175. The Morgan fingerprint density at radius 2 is 2.42 bits per heavy atom. The lowest BCUT2D eigenvalue weighted by Gasteiger charge is -1.96. The first-order valence-corrected chi connectivity index (χ1v) is 3.78. The third-order valence-corrected chi connectivity index (χ3v) is 1.42. The summed E-state index contributed by atoms with van der Waals surface area (Å²) < 4.78 is 0. The van der Waals surface area contributed by atoms with Gasteiger partial charge in [0.05, 0.1) is 0 Å². The summed E-state index contributed by atoms with van der Waals surface area (Å²) in [5.41, 5.74) is 0.816. The normalized spacial score (nSPS) is 10.6. The van der Waals surface area contributed by atoms with E-state index >= 15 is 0 Å². The standard InChI is InChI=1S/C7H11N3O2/c1-5(2)3-6-4-8-7(9-6)10(11)12/h4-5H,3H2,1-2H3,(H,8,9). The van der Waals surface area contributed by atoms with Crippen LogP contribution in [0.25, 0.3) is 0 Å². The number of nitrogens with zero attached hydrogens (tertiary/aromatic N) is 2. The third-order valence-electron chi connectivity index (χ3n) is 1.42. The zero-order valence-electron chi connectivity index (χ0n) is 7.07. The maximum atomic E-state index is 10.2. The highest BCUT2D eigenvalue weighted by molar-refractivity contribution is 5.10. The molecular weight excluding hydrogens is 158 g/mol. The van der Waals surface area contributed by atoms with Crippen molar-refractivity contribution < 1.29 is 4.92 Å². The van der Waals surface area contributed by atoms with Gasteiger partial charge in [-0.15, -0.1) is 0 Å². The van der Waals surface area contributed by atoms with Crippen LogP contribution in [0.1, 0.15) is 19.5 Å². The van der Waals surface area contributed by atoms with Gasteiger partial charge in [0.1, 0.15) is 11.9 Å². The molecule has 0 fully saturated rings. The van der Waals surface area contributed by atoms with Crippen molar-refractivity contribution in [3.63, 3.8) is 0 Å².